The maximum absolute atomic E-state index is 12.7. The summed E-state index contributed by atoms with van der Waals surface area (Å²) in [6.07, 6.45) is 6.21. The van der Waals surface area contributed by atoms with Crippen LogP contribution >= 0.6 is 0 Å². The average molecular weight is 434 g/mol. The van der Waals surface area contributed by atoms with E-state index in [4.69, 9.17) is 14.6 Å². The van der Waals surface area contributed by atoms with Gasteiger partial charge in [-0.2, -0.15) is 5.10 Å². The lowest BCUT2D eigenvalue weighted by atomic mass is 10.0. The fourth-order valence-electron chi connectivity index (χ4n) is 3.76. The Morgan fingerprint density at radius 2 is 1.84 bits per heavy atom. The van der Waals surface area contributed by atoms with Crippen molar-refractivity contribution in [2.75, 3.05) is 20.8 Å². The first-order valence-corrected chi connectivity index (χ1v) is 10.5. The third kappa shape index (κ3) is 3.97. The van der Waals surface area contributed by atoms with Crippen LogP contribution in [0.4, 0.5) is 0 Å². The molecule has 2 aromatic heterocycles. The average Bonchev–Trinajstić information content (AvgIpc) is 3.48. The van der Waals surface area contributed by atoms with E-state index in [0.29, 0.717) is 23.5 Å². The first-order valence-electron chi connectivity index (χ1n) is 10.5. The molecule has 1 N–H and O–H groups in total. The van der Waals surface area contributed by atoms with E-state index in [1.54, 1.807) is 18.5 Å². The standard InChI is InChI=1S/C24H26N4O4/c1-4-27-14-17(13-26-27)16-7-8-20-19(10-16)25-15-28(20)18-11-22(31-2)24(23(12-18)32-3)21(30)6-5-9-29/h7-8,10-15,29H,4-6,9H2,1-3H3. The van der Waals surface area contributed by atoms with Crippen molar-refractivity contribution in [1.29, 1.82) is 0 Å². The van der Waals surface area contributed by atoms with Gasteiger partial charge in [0.25, 0.3) is 0 Å². The largest absolute Gasteiger partial charge is 0.496 e. The lowest BCUT2D eigenvalue weighted by Gasteiger charge is -2.15. The first kappa shape index (κ1) is 21.6. The molecule has 0 saturated carbocycles. The summed E-state index contributed by atoms with van der Waals surface area (Å²) in [4.78, 5) is 17.2. The molecule has 0 spiro atoms. The Balaban J connectivity index is 1.75. The Labute approximate surface area is 186 Å². The van der Waals surface area contributed by atoms with Gasteiger partial charge in [0, 0.05) is 43.5 Å². The molecule has 166 valence electrons. The molecular formula is C24H26N4O4. The maximum Gasteiger partial charge on any atom is 0.170 e. The second kappa shape index (κ2) is 9.23. The Hall–Kier alpha value is -3.65. The normalized spacial score (nSPS) is 11.1. The lowest BCUT2D eigenvalue weighted by Crippen LogP contribution is -2.07. The summed E-state index contributed by atoms with van der Waals surface area (Å²) in [7, 11) is 3.05. The lowest BCUT2D eigenvalue weighted by molar-refractivity contribution is 0.0965. The minimum atomic E-state index is -0.132. The third-order valence-corrected chi connectivity index (χ3v) is 5.45. The predicted octanol–water partition coefficient (Wildman–Crippen LogP) is 3.88. The van der Waals surface area contributed by atoms with Gasteiger partial charge in [-0.25, -0.2) is 4.98 Å². The smallest absolute Gasteiger partial charge is 0.170 e. The molecular weight excluding hydrogens is 408 g/mol. The predicted molar refractivity (Wildman–Crippen MR) is 122 cm³/mol. The molecule has 0 unspecified atom stereocenters. The fraction of sp³-hybridized carbons (Fsp3) is 0.292. The summed E-state index contributed by atoms with van der Waals surface area (Å²) in [5, 5.41) is 13.4. The molecule has 0 saturated heterocycles. The van der Waals surface area contributed by atoms with Crippen molar-refractivity contribution in [2.45, 2.75) is 26.3 Å². The summed E-state index contributed by atoms with van der Waals surface area (Å²) in [6.45, 7) is 2.82. The number of hydrogen-bond acceptors (Lipinski definition) is 6. The Morgan fingerprint density at radius 1 is 1.09 bits per heavy atom. The SMILES string of the molecule is CCn1cc(-c2ccc3c(c2)ncn3-c2cc(OC)c(C(=O)CCCO)c(OC)c2)cn1. The van der Waals surface area contributed by atoms with Crippen LogP contribution in [0.3, 0.4) is 0 Å². The van der Waals surface area contributed by atoms with E-state index in [2.05, 4.69) is 17.0 Å². The van der Waals surface area contributed by atoms with Crippen LogP contribution in [-0.4, -0.2) is 51.0 Å². The number of aryl methyl sites for hydroxylation is 1. The number of ketones is 1. The number of aliphatic hydroxyl groups is 1. The Kier molecular flexibility index (Phi) is 6.23. The van der Waals surface area contributed by atoms with Gasteiger partial charge in [-0.3, -0.25) is 14.0 Å². The van der Waals surface area contributed by atoms with Gasteiger partial charge in [-0.05, 0) is 31.0 Å². The maximum atomic E-state index is 12.7. The summed E-state index contributed by atoms with van der Waals surface area (Å²) < 4.78 is 14.9. The quantitative estimate of drug-likeness (QED) is 0.402. The van der Waals surface area contributed by atoms with E-state index in [-0.39, 0.29) is 18.8 Å². The van der Waals surface area contributed by atoms with Gasteiger partial charge < -0.3 is 14.6 Å². The number of carbonyl (C=O) groups is 1. The number of nitrogens with zero attached hydrogens (tertiary/aromatic N) is 4. The molecule has 0 fully saturated rings. The zero-order chi connectivity index (χ0) is 22.7. The van der Waals surface area contributed by atoms with Crippen LogP contribution in [0.2, 0.25) is 0 Å². The number of Topliss-reactive ketones (excluding diaryl/α,β-unsaturated/α-hetero) is 1. The van der Waals surface area contributed by atoms with Crippen LogP contribution in [0, 0.1) is 0 Å². The van der Waals surface area contributed by atoms with Crippen molar-refractivity contribution >= 4 is 16.8 Å². The highest BCUT2D eigenvalue weighted by Gasteiger charge is 2.20. The monoisotopic (exact) mass is 434 g/mol. The number of ether oxygens (including phenoxy) is 2. The number of imidazole rings is 1. The molecule has 32 heavy (non-hydrogen) atoms. The molecule has 0 amide bonds. The zero-order valence-electron chi connectivity index (χ0n) is 18.4. The number of hydrogen-bond donors (Lipinski definition) is 1. The van der Waals surface area contributed by atoms with E-state index >= 15 is 0 Å². The Bertz CT molecular complexity index is 1230. The molecule has 0 radical (unpaired) electrons. The number of carbonyl (C=O) groups excluding carboxylic acids is 1. The van der Waals surface area contributed by atoms with Crippen LogP contribution in [0.1, 0.15) is 30.1 Å². The number of fused-ring (bicyclic) bond motifs is 1. The highest BCUT2D eigenvalue weighted by molar-refractivity contribution is 6.01. The van der Waals surface area contributed by atoms with Crippen molar-refractivity contribution in [3.63, 3.8) is 0 Å². The van der Waals surface area contributed by atoms with E-state index in [1.165, 1.54) is 14.2 Å². The molecule has 2 heterocycles. The van der Waals surface area contributed by atoms with Gasteiger partial charge in [0.15, 0.2) is 5.78 Å². The number of methoxy groups -OCH3 is 2. The van der Waals surface area contributed by atoms with Crippen LogP contribution in [0.25, 0.3) is 27.8 Å². The van der Waals surface area contributed by atoms with E-state index in [0.717, 1.165) is 34.4 Å². The van der Waals surface area contributed by atoms with E-state index in [9.17, 15) is 4.79 Å². The van der Waals surface area contributed by atoms with Crippen LogP contribution in [0.15, 0.2) is 49.1 Å². The molecule has 8 heteroatoms. The zero-order valence-corrected chi connectivity index (χ0v) is 18.4. The fourth-order valence-corrected chi connectivity index (χ4v) is 3.76. The van der Waals surface area contributed by atoms with E-state index < -0.39 is 0 Å². The highest BCUT2D eigenvalue weighted by atomic mass is 16.5. The van der Waals surface area contributed by atoms with Crippen LogP contribution < -0.4 is 9.47 Å². The van der Waals surface area contributed by atoms with E-state index in [1.807, 2.05) is 39.8 Å². The molecule has 0 aliphatic rings. The number of aliphatic hydroxyl groups excluding tert-OH is 1. The van der Waals surface area contributed by atoms with Crippen LogP contribution in [-0.2, 0) is 6.54 Å². The molecule has 2 aromatic carbocycles. The van der Waals surface area contributed by atoms with Gasteiger partial charge in [0.1, 0.15) is 23.4 Å². The Morgan fingerprint density at radius 3 is 2.47 bits per heavy atom. The number of benzene rings is 2. The summed E-state index contributed by atoms with van der Waals surface area (Å²) >= 11 is 0. The summed E-state index contributed by atoms with van der Waals surface area (Å²) in [5.41, 5.74) is 4.99. The van der Waals surface area contributed by atoms with Gasteiger partial charge in [0.05, 0.1) is 37.1 Å². The van der Waals surface area contributed by atoms with Crippen molar-refractivity contribution in [2.24, 2.45) is 0 Å². The third-order valence-electron chi connectivity index (χ3n) is 5.45. The van der Waals surface area contributed by atoms with Crippen molar-refractivity contribution in [1.82, 2.24) is 19.3 Å². The molecule has 0 bridgehead atoms. The minimum absolute atomic E-state index is 0.0449. The highest BCUT2D eigenvalue weighted by Crippen LogP contribution is 2.35. The van der Waals surface area contributed by atoms with Crippen molar-refractivity contribution in [3.05, 3.63) is 54.6 Å². The first-order chi connectivity index (χ1) is 15.6. The van der Waals surface area contributed by atoms with Gasteiger partial charge in [-0.15, -0.1) is 0 Å². The van der Waals surface area contributed by atoms with Crippen LogP contribution in [0.5, 0.6) is 11.5 Å². The summed E-state index contributed by atoms with van der Waals surface area (Å²) in [5.74, 6) is 0.715. The topological polar surface area (TPSA) is 91.4 Å². The minimum Gasteiger partial charge on any atom is -0.496 e. The van der Waals surface area contributed by atoms with Gasteiger partial charge in [0.2, 0.25) is 0 Å². The molecule has 4 aromatic rings. The second-order valence-electron chi connectivity index (χ2n) is 7.38. The molecule has 4 rings (SSSR count). The van der Waals surface area contributed by atoms with Gasteiger partial charge in [-0.1, -0.05) is 6.07 Å². The van der Waals surface area contributed by atoms with Crippen molar-refractivity contribution < 1.29 is 19.4 Å². The molecule has 0 aliphatic carbocycles. The van der Waals surface area contributed by atoms with Crippen molar-refractivity contribution in [3.8, 4) is 28.3 Å². The number of aromatic nitrogens is 4. The molecule has 0 atom stereocenters. The molecule has 0 aliphatic heterocycles. The molecule has 8 nitrogen and oxygen atoms in total. The number of rotatable bonds is 9. The summed E-state index contributed by atoms with van der Waals surface area (Å²) in [6, 6.07) is 9.69. The van der Waals surface area contributed by atoms with Gasteiger partial charge >= 0.3 is 0 Å². The second-order valence-corrected chi connectivity index (χ2v) is 7.38.